The van der Waals surface area contributed by atoms with Gasteiger partial charge in [0.15, 0.2) is 11.6 Å². The molecular formula is C22H19FN4O2. The fraction of sp³-hybridized carbons (Fsp3) is 0.182. The van der Waals surface area contributed by atoms with Gasteiger partial charge in [-0.3, -0.25) is 9.48 Å². The first kappa shape index (κ1) is 18.7. The van der Waals surface area contributed by atoms with E-state index in [0.29, 0.717) is 23.3 Å². The molecule has 0 amide bonds. The molecule has 0 aliphatic rings. The number of pyridine rings is 2. The smallest absolute Gasteiger partial charge is 0.212 e. The molecule has 146 valence electrons. The second-order valence-corrected chi connectivity index (χ2v) is 6.83. The first-order valence-corrected chi connectivity index (χ1v) is 9.07. The third-order valence-corrected chi connectivity index (χ3v) is 4.78. The molecule has 0 spiro atoms. The molecular weight excluding hydrogens is 371 g/mol. The minimum atomic E-state index is -0.438. The van der Waals surface area contributed by atoms with Gasteiger partial charge < -0.3 is 4.74 Å². The molecule has 1 aromatic carbocycles. The maximum absolute atomic E-state index is 15.4. The average Bonchev–Trinajstić information content (AvgIpc) is 3.16. The van der Waals surface area contributed by atoms with Crippen LogP contribution in [0.3, 0.4) is 0 Å². The molecule has 0 fully saturated rings. The zero-order valence-electron chi connectivity index (χ0n) is 16.3. The van der Waals surface area contributed by atoms with Gasteiger partial charge in [0.1, 0.15) is 11.2 Å². The van der Waals surface area contributed by atoms with Crippen LogP contribution in [0.15, 0.2) is 48.9 Å². The van der Waals surface area contributed by atoms with Gasteiger partial charge in [0.2, 0.25) is 5.88 Å². The molecule has 0 saturated heterocycles. The fourth-order valence-corrected chi connectivity index (χ4v) is 3.27. The van der Waals surface area contributed by atoms with E-state index in [1.165, 1.54) is 6.92 Å². The number of carbonyl (C=O) groups excluding carboxylic acids is 1. The van der Waals surface area contributed by atoms with Gasteiger partial charge in [-0.15, -0.1) is 0 Å². The molecule has 0 bridgehead atoms. The summed E-state index contributed by atoms with van der Waals surface area (Å²) in [4.78, 5) is 20.5. The summed E-state index contributed by atoms with van der Waals surface area (Å²) >= 11 is 0. The monoisotopic (exact) mass is 390 g/mol. The van der Waals surface area contributed by atoms with Gasteiger partial charge in [-0.05, 0) is 22.8 Å². The number of methoxy groups -OCH3 is 1. The van der Waals surface area contributed by atoms with Crippen molar-refractivity contribution >= 4 is 16.7 Å². The number of hydrogen-bond donors (Lipinski definition) is 0. The SMILES string of the molecule is COc1ccc(Cc2ccc3c(-c4cnn(C)c4)cc(C(C)=O)nc3c2F)cn1. The van der Waals surface area contributed by atoms with Crippen LogP contribution >= 0.6 is 0 Å². The highest BCUT2D eigenvalue weighted by atomic mass is 19.1. The van der Waals surface area contributed by atoms with E-state index in [4.69, 9.17) is 4.74 Å². The Kier molecular flexibility index (Phi) is 4.80. The minimum Gasteiger partial charge on any atom is -0.481 e. The van der Waals surface area contributed by atoms with E-state index in [9.17, 15) is 4.79 Å². The Bertz CT molecular complexity index is 1220. The van der Waals surface area contributed by atoms with E-state index >= 15 is 4.39 Å². The number of fused-ring (bicyclic) bond motifs is 1. The highest BCUT2D eigenvalue weighted by molar-refractivity contribution is 6.01. The van der Waals surface area contributed by atoms with Crippen LogP contribution in [0, 0.1) is 5.82 Å². The molecule has 4 rings (SSSR count). The van der Waals surface area contributed by atoms with Crippen LogP contribution in [0.1, 0.15) is 28.5 Å². The van der Waals surface area contributed by atoms with Crippen molar-refractivity contribution in [2.45, 2.75) is 13.3 Å². The molecule has 0 atom stereocenters. The highest BCUT2D eigenvalue weighted by Crippen LogP contribution is 2.31. The Morgan fingerprint density at radius 3 is 2.66 bits per heavy atom. The first-order chi connectivity index (χ1) is 14.0. The lowest BCUT2D eigenvalue weighted by molar-refractivity contribution is 0.101. The van der Waals surface area contributed by atoms with Crippen LogP contribution in [-0.2, 0) is 13.5 Å². The molecule has 0 N–H and O–H groups in total. The number of nitrogens with zero attached hydrogens (tertiary/aromatic N) is 4. The largest absolute Gasteiger partial charge is 0.481 e. The predicted octanol–water partition coefficient (Wildman–Crippen LogP) is 3.97. The Hall–Kier alpha value is -3.61. The molecule has 29 heavy (non-hydrogen) atoms. The van der Waals surface area contributed by atoms with Gasteiger partial charge in [0.05, 0.1) is 13.3 Å². The topological polar surface area (TPSA) is 69.9 Å². The minimum absolute atomic E-state index is 0.176. The molecule has 4 aromatic rings. The summed E-state index contributed by atoms with van der Waals surface area (Å²) in [6, 6.07) is 8.85. The van der Waals surface area contributed by atoms with Crippen molar-refractivity contribution in [2.75, 3.05) is 7.11 Å². The third-order valence-electron chi connectivity index (χ3n) is 4.78. The molecule has 0 saturated carbocycles. The average molecular weight is 390 g/mol. The number of benzene rings is 1. The van der Waals surface area contributed by atoms with Crippen LogP contribution in [0.2, 0.25) is 0 Å². The summed E-state index contributed by atoms with van der Waals surface area (Å²) in [7, 11) is 3.35. The highest BCUT2D eigenvalue weighted by Gasteiger charge is 2.17. The molecule has 3 aromatic heterocycles. The fourth-order valence-electron chi connectivity index (χ4n) is 3.27. The van der Waals surface area contributed by atoms with Gasteiger partial charge in [-0.1, -0.05) is 18.2 Å². The van der Waals surface area contributed by atoms with Crippen molar-refractivity contribution in [1.82, 2.24) is 19.7 Å². The van der Waals surface area contributed by atoms with Gasteiger partial charge in [-0.2, -0.15) is 5.10 Å². The van der Waals surface area contributed by atoms with Crippen LogP contribution < -0.4 is 4.74 Å². The number of rotatable bonds is 5. The van der Waals surface area contributed by atoms with Crippen LogP contribution in [0.5, 0.6) is 5.88 Å². The second kappa shape index (κ2) is 7.43. The Morgan fingerprint density at radius 1 is 1.21 bits per heavy atom. The van der Waals surface area contributed by atoms with E-state index in [2.05, 4.69) is 15.1 Å². The van der Waals surface area contributed by atoms with E-state index in [1.54, 1.807) is 49.4 Å². The van der Waals surface area contributed by atoms with Gasteiger partial charge in [0.25, 0.3) is 0 Å². The van der Waals surface area contributed by atoms with Crippen LogP contribution in [0.25, 0.3) is 22.0 Å². The quantitative estimate of drug-likeness (QED) is 0.482. The van der Waals surface area contributed by atoms with Crippen molar-refractivity contribution in [2.24, 2.45) is 7.05 Å². The van der Waals surface area contributed by atoms with Crippen LogP contribution in [0.4, 0.5) is 4.39 Å². The molecule has 0 aliphatic heterocycles. The third kappa shape index (κ3) is 3.59. The van der Waals surface area contributed by atoms with Crippen molar-refractivity contribution < 1.29 is 13.9 Å². The Morgan fingerprint density at radius 2 is 2.03 bits per heavy atom. The first-order valence-electron chi connectivity index (χ1n) is 9.07. The molecule has 0 aliphatic carbocycles. The number of carbonyl (C=O) groups is 1. The Labute approximate surface area is 167 Å². The predicted molar refractivity (Wildman–Crippen MR) is 108 cm³/mol. The normalized spacial score (nSPS) is 11.0. The van der Waals surface area contributed by atoms with Crippen molar-refractivity contribution in [3.8, 4) is 17.0 Å². The number of aromatic nitrogens is 4. The molecule has 0 unspecified atom stereocenters. The number of aryl methyl sites for hydroxylation is 1. The summed E-state index contributed by atoms with van der Waals surface area (Å²) in [6.07, 6.45) is 5.52. The van der Waals surface area contributed by atoms with Gasteiger partial charge >= 0.3 is 0 Å². The van der Waals surface area contributed by atoms with Gasteiger partial charge in [-0.25, -0.2) is 14.4 Å². The zero-order valence-corrected chi connectivity index (χ0v) is 16.3. The van der Waals surface area contributed by atoms with Crippen LogP contribution in [-0.4, -0.2) is 32.6 Å². The maximum Gasteiger partial charge on any atom is 0.212 e. The van der Waals surface area contributed by atoms with Crippen molar-refractivity contribution in [3.05, 3.63) is 71.6 Å². The van der Waals surface area contributed by atoms with E-state index in [0.717, 1.165) is 16.7 Å². The lowest BCUT2D eigenvalue weighted by Gasteiger charge is -2.11. The lowest BCUT2D eigenvalue weighted by atomic mass is 9.98. The summed E-state index contributed by atoms with van der Waals surface area (Å²) < 4.78 is 22.1. The number of Topliss-reactive ketones (excluding diaryl/α,β-unsaturated/α-hetero) is 1. The van der Waals surface area contributed by atoms with Crippen molar-refractivity contribution in [1.29, 1.82) is 0 Å². The second-order valence-electron chi connectivity index (χ2n) is 6.83. The lowest BCUT2D eigenvalue weighted by Crippen LogP contribution is -2.02. The summed E-state index contributed by atoms with van der Waals surface area (Å²) in [6.45, 7) is 1.42. The van der Waals surface area contributed by atoms with E-state index in [1.807, 2.05) is 18.3 Å². The zero-order chi connectivity index (χ0) is 20.5. The van der Waals surface area contributed by atoms with E-state index < -0.39 is 5.82 Å². The number of halogens is 1. The van der Waals surface area contributed by atoms with Crippen molar-refractivity contribution in [3.63, 3.8) is 0 Å². The summed E-state index contributed by atoms with van der Waals surface area (Å²) in [5.41, 5.74) is 3.25. The molecule has 6 nitrogen and oxygen atoms in total. The summed E-state index contributed by atoms with van der Waals surface area (Å²) in [5.74, 6) is -0.158. The molecule has 3 heterocycles. The maximum atomic E-state index is 15.4. The summed E-state index contributed by atoms with van der Waals surface area (Å²) in [5, 5.41) is 4.82. The van der Waals surface area contributed by atoms with Gasteiger partial charge in [0, 0.05) is 49.8 Å². The van der Waals surface area contributed by atoms with E-state index in [-0.39, 0.29) is 17.0 Å². The molecule has 0 radical (unpaired) electrons. The number of ketones is 1. The number of hydrogen-bond acceptors (Lipinski definition) is 5. The molecule has 7 heteroatoms. The number of ether oxygens (including phenoxy) is 1. The standard InChI is InChI=1S/C22H19FN4O2/c1-13(28)19-9-18(16-11-25-27(2)12-16)17-6-5-15(21(23)22(17)26-19)8-14-4-7-20(29-3)24-10-14/h4-7,9-12H,8H2,1-3H3. The Balaban J connectivity index is 1.85.